The molecule has 282 valence electrons. The molecule has 0 aliphatic heterocycles. The summed E-state index contributed by atoms with van der Waals surface area (Å²) in [4.78, 5) is 0. The molecular formula is C42H90Cl2N2. The van der Waals surface area contributed by atoms with Crippen LogP contribution >= 0.6 is 0 Å². The standard InChI is InChI=1S/C42H90N2.2ClH/c1-37(2)23-31-43(32-24-38(3)4,33-25-39(5)6)29-21-19-17-15-13-14-16-18-20-22-30-44(34-26-40(7)8,35-27-41(9)10)36-28-42(11)12;;/h37-42H,13-36H2,1-12H3;2*1H/q+2;;/p-2. The number of rotatable bonds is 31. The van der Waals surface area contributed by atoms with Gasteiger partial charge in [-0.2, -0.15) is 0 Å². The molecule has 0 saturated carbocycles. The Bertz CT molecular complexity index is 513. The minimum atomic E-state index is 0. The first-order valence-electron chi connectivity index (χ1n) is 20.4. The van der Waals surface area contributed by atoms with Crippen LogP contribution in [0.3, 0.4) is 0 Å². The van der Waals surface area contributed by atoms with Gasteiger partial charge in [-0.25, -0.2) is 0 Å². The van der Waals surface area contributed by atoms with Crippen LogP contribution < -0.4 is 24.8 Å². The third-order valence-corrected chi connectivity index (χ3v) is 10.6. The van der Waals surface area contributed by atoms with E-state index in [-0.39, 0.29) is 24.8 Å². The molecule has 0 N–H and O–H groups in total. The Hall–Kier alpha value is 0.500. The van der Waals surface area contributed by atoms with Crippen LogP contribution in [0.1, 0.15) is 186 Å². The molecule has 0 saturated heterocycles. The van der Waals surface area contributed by atoms with Gasteiger partial charge in [0.2, 0.25) is 0 Å². The van der Waals surface area contributed by atoms with Gasteiger partial charge in [0.15, 0.2) is 0 Å². The zero-order valence-corrected chi connectivity index (χ0v) is 35.6. The number of nitrogens with zero attached hydrogens (tertiary/aromatic N) is 2. The molecule has 0 heterocycles. The highest BCUT2D eigenvalue weighted by Crippen LogP contribution is 2.23. The molecule has 0 unspecified atom stereocenters. The van der Waals surface area contributed by atoms with Gasteiger partial charge in [-0.05, 0) is 99.7 Å². The molecule has 0 aliphatic rings. The maximum Gasteiger partial charge on any atom is 0.0789 e. The van der Waals surface area contributed by atoms with Crippen LogP contribution in [0.25, 0.3) is 0 Å². The van der Waals surface area contributed by atoms with E-state index in [0.717, 1.165) is 35.5 Å². The van der Waals surface area contributed by atoms with Crippen LogP contribution in [0.2, 0.25) is 0 Å². The van der Waals surface area contributed by atoms with Crippen molar-refractivity contribution in [3.05, 3.63) is 0 Å². The minimum absolute atomic E-state index is 0. The van der Waals surface area contributed by atoms with Gasteiger partial charge in [0.25, 0.3) is 0 Å². The molecule has 0 atom stereocenters. The van der Waals surface area contributed by atoms with E-state index >= 15 is 0 Å². The fourth-order valence-corrected chi connectivity index (χ4v) is 6.84. The minimum Gasteiger partial charge on any atom is -1.00 e. The van der Waals surface area contributed by atoms with E-state index in [1.807, 2.05) is 0 Å². The highest BCUT2D eigenvalue weighted by Gasteiger charge is 2.28. The average molecular weight is 694 g/mol. The second kappa shape index (κ2) is 30.3. The molecule has 0 aromatic carbocycles. The predicted octanol–water partition coefficient (Wildman–Crippen LogP) is 6.81. The summed E-state index contributed by atoms with van der Waals surface area (Å²) in [6.45, 7) is 40.3. The van der Waals surface area contributed by atoms with Crippen molar-refractivity contribution < 1.29 is 33.8 Å². The van der Waals surface area contributed by atoms with Gasteiger partial charge < -0.3 is 33.8 Å². The Morgan fingerprint density at radius 3 is 0.543 bits per heavy atom. The largest absolute Gasteiger partial charge is 1.00 e. The van der Waals surface area contributed by atoms with Crippen molar-refractivity contribution in [3.8, 4) is 0 Å². The summed E-state index contributed by atoms with van der Waals surface area (Å²) in [7, 11) is 0. The summed E-state index contributed by atoms with van der Waals surface area (Å²) < 4.78 is 2.81. The highest BCUT2D eigenvalue weighted by atomic mass is 35.5. The molecule has 0 amide bonds. The molecule has 0 aliphatic carbocycles. The van der Waals surface area contributed by atoms with Crippen molar-refractivity contribution in [2.24, 2.45) is 35.5 Å². The number of hydrogen-bond donors (Lipinski definition) is 0. The van der Waals surface area contributed by atoms with Gasteiger partial charge in [-0.3, -0.25) is 0 Å². The molecular weight excluding hydrogens is 603 g/mol. The summed E-state index contributed by atoms with van der Waals surface area (Å²) >= 11 is 0. The van der Waals surface area contributed by atoms with E-state index in [0.29, 0.717) is 0 Å². The maximum absolute atomic E-state index is 2.42. The molecule has 0 aromatic rings. The van der Waals surface area contributed by atoms with Crippen LogP contribution in [-0.4, -0.2) is 61.3 Å². The van der Waals surface area contributed by atoms with E-state index in [1.54, 1.807) is 0 Å². The van der Waals surface area contributed by atoms with Crippen molar-refractivity contribution in [2.45, 2.75) is 186 Å². The average Bonchev–Trinajstić information content (AvgIpc) is 2.94. The van der Waals surface area contributed by atoms with Crippen LogP contribution in [0.15, 0.2) is 0 Å². The monoisotopic (exact) mass is 693 g/mol. The normalized spacial score (nSPS) is 12.7. The Labute approximate surface area is 306 Å². The van der Waals surface area contributed by atoms with Crippen molar-refractivity contribution >= 4 is 0 Å². The lowest BCUT2D eigenvalue weighted by molar-refractivity contribution is -0.930. The Morgan fingerprint density at radius 1 is 0.239 bits per heavy atom. The third kappa shape index (κ3) is 29.4. The SMILES string of the molecule is CC(C)CC[N+](CCCCCCCCCCCC[N+](CCC(C)C)(CCC(C)C)CCC(C)C)(CCC(C)C)CCC(C)C.[Cl-].[Cl-]. The van der Waals surface area contributed by atoms with Gasteiger partial charge in [0, 0.05) is 0 Å². The third-order valence-electron chi connectivity index (χ3n) is 10.6. The summed E-state index contributed by atoms with van der Waals surface area (Å²) in [5.74, 6) is 4.95. The lowest BCUT2D eigenvalue weighted by Crippen LogP contribution is -3.00. The highest BCUT2D eigenvalue weighted by molar-refractivity contribution is 4.58. The zero-order valence-electron chi connectivity index (χ0n) is 34.1. The van der Waals surface area contributed by atoms with Crippen LogP contribution in [0, 0.1) is 35.5 Å². The van der Waals surface area contributed by atoms with Crippen LogP contribution in [-0.2, 0) is 0 Å². The van der Waals surface area contributed by atoms with Gasteiger partial charge in [-0.1, -0.05) is 122 Å². The molecule has 0 radical (unpaired) electrons. The Kier molecular flexibility index (Phi) is 33.5. The fourth-order valence-electron chi connectivity index (χ4n) is 6.84. The van der Waals surface area contributed by atoms with E-state index < -0.39 is 0 Å². The van der Waals surface area contributed by atoms with Gasteiger partial charge >= 0.3 is 0 Å². The van der Waals surface area contributed by atoms with E-state index in [2.05, 4.69) is 83.1 Å². The molecule has 0 spiro atoms. The lowest BCUT2D eigenvalue weighted by atomic mass is 10.0. The van der Waals surface area contributed by atoms with E-state index in [9.17, 15) is 0 Å². The molecule has 0 aromatic heterocycles. The van der Waals surface area contributed by atoms with E-state index in [4.69, 9.17) is 0 Å². The van der Waals surface area contributed by atoms with Crippen molar-refractivity contribution in [3.63, 3.8) is 0 Å². The fraction of sp³-hybridized carbons (Fsp3) is 1.00. The predicted molar refractivity (Wildman–Crippen MR) is 202 cm³/mol. The summed E-state index contributed by atoms with van der Waals surface area (Å²) in [6, 6.07) is 0. The van der Waals surface area contributed by atoms with Crippen LogP contribution in [0.4, 0.5) is 0 Å². The lowest BCUT2D eigenvalue weighted by Gasteiger charge is -2.41. The number of hydrogen-bond acceptors (Lipinski definition) is 0. The smallest absolute Gasteiger partial charge is 0.0789 e. The first-order valence-corrected chi connectivity index (χ1v) is 20.4. The van der Waals surface area contributed by atoms with Crippen LogP contribution in [0.5, 0.6) is 0 Å². The maximum atomic E-state index is 2.42. The molecule has 46 heavy (non-hydrogen) atoms. The molecule has 0 rings (SSSR count). The second-order valence-corrected chi connectivity index (χ2v) is 18.1. The van der Waals surface area contributed by atoms with E-state index in [1.165, 1.54) is 164 Å². The van der Waals surface area contributed by atoms with Crippen molar-refractivity contribution in [1.29, 1.82) is 0 Å². The van der Waals surface area contributed by atoms with Gasteiger partial charge in [0.1, 0.15) is 0 Å². The number of quaternary nitrogens is 2. The summed E-state index contributed by atoms with van der Waals surface area (Å²) in [5, 5.41) is 0. The molecule has 0 bridgehead atoms. The first kappa shape index (κ1) is 50.9. The topological polar surface area (TPSA) is 0 Å². The molecule has 2 nitrogen and oxygen atoms in total. The molecule has 4 heteroatoms. The number of halogens is 2. The van der Waals surface area contributed by atoms with Crippen molar-refractivity contribution in [2.75, 3.05) is 52.4 Å². The zero-order chi connectivity index (χ0) is 33.4. The Morgan fingerprint density at radius 2 is 0.391 bits per heavy atom. The van der Waals surface area contributed by atoms with Gasteiger partial charge in [-0.15, -0.1) is 0 Å². The Balaban J connectivity index is -0.00000924. The first-order chi connectivity index (χ1) is 20.7. The van der Waals surface area contributed by atoms with Gasteiger partial charge in [0.05, 0.1) is 52.4 Å². The number of unbranched alkanes of at least 4 members (excludes halogenated alkanes) is 9. The summed E-state index contributed by atoms with van der Waals surface area (Å²) in [5.41, 5.74) is 0. The quantitative estimate of drug-likeness (QED) is 0.0554. The van der Waals surface area contributed by atoms with Crippen molar-refractivity contribution in [1.82, 2.24) is 0 Å². The molecule has 0 fully saturated rings. The summed E-state index contributed by atoms with van der Waals surface area (Å²) in [6.07, 6.45) is 22.9. The second-order valence-electron chi connectivity index (χ2n) is 18.1.